The zero-order chi connectivity index (χ0) is 15.3. The van der Waals surface area contributed by atoms with Crippen LogP contribution in [0.15, 0.2) is 0 Å². The maximum Gasteiger partial charge on any atom is 0.303 e. The first-order valence-electron chi connectivity index (χ1n) is 8.29. The fraction of sp³-hybridized carbons (Fsp3) is 0.875. The summed E-state index contributed by atoms with van der Waals surface area (Å²) in [6, 6.07) is 0. The summed E-state index contributed by atoms with van der Waals surface area (Å²) in [5.41, 5.74) is 5.60. The number of carboxylic acids is 1. The molecule has 0 spiro atoms. The first kappa shape index (κ1) is 16.3. The van der Waals surface area contributed by atoms with Crippen molar-refractivity contribution >= 4 is 11.9 Å². The molecule has 1 saturated carbocycles. The van der Waals surface area contributed by atoms with Crippen LogP contribution < -0.4 is 5.73 Å². The number of hydrogen-bond acceptors (Lipinski definition) is 3. The lowest BCUT2D eigenvalue weighted by Gasteiger charge is -2.40. The van der Waals surface area contributed by atoms with Gasteiger partial charge in [0.2, 0.25) is 5.91 Å². The first-order chi connectivity index (χ1) is 10.1. The van der Waals surface area contributed by atoms with E-state index in [2.05, 4.69) is 0 Å². The van der Waals surface area contributed by atoms with E-state index in [0.29, 0.717) is 13.1 Å². The Kier molecular flexibility index (Phi) is 5.62. The third-order valence-corrected chi connectivity index (χ3v) is 5.17. The number of piperidine rings is 1. The number of amides is 1. The van der Waals surface area contributed by atoms with Gasteiger partial charge >= 0.3 is 5.97 Å². The van der Waals surface area contributed by atoms with Gasteiger partial charge in [-0.05, 0) is 31.6 Å². The quantitative estimate of drug-likeness (QED) is 0.777. The number of nitrogens with zero attached hydrogens (tertiary/aromatic N) is 1. The van der Waals surface area contributed by atoms with E-state index in [1.54, 1.807) is 0 Å². The predicted octanol–water partition coefficient (Wildman–Crippen LogP) is 2.00. The molecule has 2 fully saturated rings. The molecular formula is C16H28N2O3. The minimum Gasteiger partial charge on any atom is -0.481 e. The van der Waals surface area contributed by atoms with E-state index in [1.165, 1.54) is 12.8 Å². The standard InChI is InChI=1S/C16H28N2O3/c17-12-16(7-3-1-2-4-8-16)15(21)18-9-5-6-13(11-18)10-14(19)20/h13H,1-12,17H2,(H,19,20). The van der Waals surface area contributed by atoms with E-state index in [0.717, 1.165) is 45.1 Å². The van der Waals surface area contributed by atoms with Crippen LogP contribution in [0.25, 0.3) is 0 Å². The van der Waals surface area contributed by atoms with Crippen LogP contribution in [-0.4, -0.2) is 41.5 Å². The molecule has 0 aromatic rings. The van der Waals surface area contributed by atoms with Crippen molar-refractivity contribution in [3.8, 4) is 0 Å². The molecule has 21 heavy (non-hydrogen) atoms. The molecule has 0 radical (unpaired) electrons. The number of carbonyl (C=O) groups is 2. The van der Waals surface area contributed by atoms with E-state index in [1.807, 2.05) is 4.90 Å². The molecule has 1 atom stereocenters. The van der Waals surface area contributed by atoms with Crippen molar-refractivity contribution in [1.82, 2.24) is 4.90 Å². The lowest BCUT2D eigenvalue weighted by molar-refractivity contribution is -0.146. The minimum atomic E-state index is -0.766. The zero-order valence-corrected chi connectivity index (χ0v) is 12.9. The molecule has 0 aromatic carbocycles. The molecule has 0 bridgehead atoms. The SMILES string of the molecule is NCC1(C(=O)N2CCCC(CC(=O)O)C2)CCCCCC1. The van der Waals surface area contributed by atoms with Gasteiger partial charge in [-0.1, -0.05) is 25.7 Å². The lowest BCUT2D eigenvalue weighted by Crippen LogP contribution is -2.51. The fourth-order valence-corrected chi connectivity index (χ4v) is 3.91. The van der Waals surface area contributed by atoms with Gasteiger partial charge in [0.1, 0.15) is 0 Å². The summed E-state index contributed by atoms with van der Waals surface area (Å²) in [6.45, 7) is 1.77. The number of likely N-dealkylation sites (tertiary alicyclic amines) is 1. The van der Waals surface area contributed by atoms with Gasteiger partial charge in [-0.25, -0.2) is 0 Å². The minimum absolute atomic E-state index is 0.0980. The molecule has 120 valence electrons. The maximum atomic E-state index is 13.0. The van der Waals surface area contributed by atoms with Crippen molar-refractivity contribution in [1.29, 1.82) is 0 Å². The molecule has 2 aliphatic rings. The van der Waals surface area contributed by atoms with Gasteiger partial charge in [0.25, 0.3) is 0 Å². The van der Waals surface area contributed by atoms with Gasteiger partial charge in [0, 0.05) is 26.1 Å². The molecule has 1 unspecified atom stereocenters. The second-order valence-electron chi connectivity index (χ2n) is 6.76. The van der Waals surface area contributed by atoms with Crippen molar-refractivity contribution in [2.45, 2.75) is 57.8 Å². The molecular weight excluding hydrogens is 268 g/mol. The number of aliphatic carboxylic acids is 1. The average molecular weight is 296 g/mol. The predicted molar refractivity (Wildman–Crippen MR) is 80.7 cm³/mol. The van der Waals surface area contributed by atoms with Crippen molar-refractivity contribution in [3.63, 3.8) is 0 Å². The second-order valence-corrected chi connectivity index (χ2v) is 6.76. The van der Waals surface area contributed by atoms with Crippen molar-refractivity contribution < 1.29 is 14.7 Å². The Morgan fingerprint density at radius 2 is 1.81 bits per heavy atom. The Labute approximate surface area is 126 Å². The number of carboxylic acid groups (broad SMARTS) is 1. The number of carbonyl (C=O) groups excluding carboxylic acids is 1. The highest BCUT2D eigenvalue weighted by Crippen LogP contribution is 2.37. The molecule has 3 N–H and O–H groups in total. The van der Waals surface area contributed by atoms with E-state index in [4.69, 9.17) is 10.8 Å². The highest BCUT2D eigenvalue weighted by atomic mass is 16.4. The largest absolute Gasteiger partial charge is 0.481 e. The van der Waals surface area contributed by atoms with Crippen LogP contribution in [0.5, 0.6) is 0 Å². The summed E-state index contributed by atoms with van der Waals surface area (Å²) in [4.78, 5) is 25.8. The topological polar surface area (TPSA) is 83.6 Å². The Hall–Kier alpha value is -1.10. The molecule has 5 heteroatoms. The molecule has 0 aromatic heterocycles. The Morgan fingerprint density at radius 3 is 2.38 bits per heavy atom. The summed E-state index contributed by atoms with van der Waals surface area (Å²) in [5.74, 6) is -0.486. The van der Waals surface area contributed by atoms with Gasteiger partial charge in [0.05, 0.1) is 5.41 Å². The van der Waals surface area contributed by atoms with E-state index in [9.17, 15) is 9.59 Å². The van der Waals surface area contributed by atoms with Crippen LogP contribution in [0.1, 0.15) is 57.8 Å². The average Bonchev–Trinajstić information content (AvgIpc) is 2.72. The maximum absolute atomic E-state index is 13.0. The van der Waals surface area contributed by atoms with Gasteiger partial charge in [0.15, 0.2) is 0 Å². The van der Waals surface area contributed by atoms with Crippen molar-refractivity contribution in [2.75, 3.05) is 19.6 Å². The number of nitrogens with two attached hydrogens (primary N) is 1. The summed E-state index contributed by atoms with van der Waals surface area (Å²) in [5, 5.41) is 8.95. The van der Waals surface area contributed by atoms with Gasteiger partial charge in [-0.3, -0.25) is 9.59 Å². The van der Waals surface area contributed by atoms with Crippen LogP contribution >= 0.6 is 0 Å². The highest BCUT2D eigenvalue weighted by Gasteiger charge is 2.41. The van der Waals surface area contributed by atoms with Gasteiger partial charge < -0.3 is 15.7 Å². The van der Waals surface area contributed by atoms with Crippen LogP contribution in [0, 0.1) is 11.3 Å². The first-order valence-corrected chi connectivity index (χ1v) is 8.29. The third-order valence-electron chi connectivity index (χ3n) is 5.17. The highest BCUT2D eigenvalue weighted by molar-refractivity contribution is 5.83. The molecule has 1 heterocycles. The smallest absolute Gasteiger partial charge is 0.303 e. The van der Waals surface area contributed by atoms with Gasteiger partial charge in [-0.15, -0.1) is 0 Å². The fourth-order valence-electron chi connectivity index (χ4n) is 3.91. The molecule has 1 amide bonds. The monoisotopic (exact) mass is 296 g/mol. The second kappa shape index (κ2) is 7.25. The normalized spacial score (nSPS) is 26.1. The van der Waals surface area contributed by atoms with E-state index >= 15 is 0 Å². The molecule has 2 rings (SSSR count). The Bertz CT molecular complexity index is 376. The Balaban J connectivity index is 2.04. The van der Waals surface area contributed by atoms with Crippen molar-refractivity contribution in [3.05, 3.63) is 0 Å². The zero-order valence-electron chi connectivity index (χ0n) is 12.9. The summed E-state index contributed by atoms with van der Waals surface area (Å²) < 4.78 is 0. The molecule has 1 aliphatic carbocycles. The van der Waals surface area contributed by atoms with Crippen LogP contribution in [-0.2, 0) is 9.59 Å². The third kappa shape index (κ3) is 3.96. The van der Waals surface area contributed by atoms with Gasteiger partial charge in [-0.2, -0.15) is 0 Å². The number of hydrogen-bond donors (Lipinski definition) is 2. The Morgan fingerprint density at radius 1 is 1.14 bits per heavy atom. The molecule has 5 nitrogen and oxygen atoms in total. The van der Waals surface area contributed by atoms with E-state index < -0.39 is 5.97 Å². The van der Waals surface area contributed by atoms with Crippen LogP contribution in [0.4, 0.5) is 0 Å². The number of rotatable bonds is 4. The molecule has 1 aliphatic heterocycles. The molecule has 1 saturated heterocycles. The van der Waals surface area contributed by atoms with E-state index in [-0.39, 0.29) is 23.7 Å². The lowest BCUT2D eigenvalue weighted by atomic mass is 9.78. The van der Waals surface area contributed by atoms with Crippen LogP contribution in [0.3, 0.4) is 0 Å². The summed E-state index contributed by atoms with van der Waals surface area (Å²) in [7, 11) is 0. The van der Waals surface area contributed by atoms with Crippen molar-refractivity contribution in [2.24, 2.45) is 17.1 Å². The van der Waals surface area contributed by atoms with Crippen LogP contribution in [0.2, 0.25) is 0 Å². The summed E-state index contributed by atoms with van der Waals surface area (Å²) in [6.07, 6.45) is 8.30. The summed E-state index contributed by atoms with van der Waals surface area (Å²) >= 11 is 0.